The van der Waals surface area contributed by atoms with Crippen LogP contribution in [-0.2, 0) is 99.8 Å². The van der Waals surface area contributed by atoms with Crippen LogP contribution in [0.25, 0.3) is 0 Å². The predicted octanol–water partition coefficient (Wildman–Crippen LogP) is 9.42. The average Bonchev–Trinajstić information content (AvgIpc) is 0.718. The highest BCUT2D eigenvalue weighted by Crippen LogP contribution is 2.63. The first-order chi connectivity index (χ1) is 45.3. The summed E-state index contributed by atoms with van der Waals surface area (Å²) >= 11 is 0. The topological polar surface area (TPSA) is 296 Å². The molecule has 4 saturated carbocycles. The Labute approximate surface area is 589 Å². The maximum atomic E-state index is 12.8. The lowest BCUT2D eigenvalue weighted by molar-refractivity contribution is -0.901. The molecular formula is C70H139NO23SSi2. The van der Waals surface area contributed by atoms with E-state index >= 15 is 0 Å². The van der Waals surface area contributed by atoms with Gasteiger partial charge in [-0.2, -0.15) is 0 Å². The van der Waals surface area contributed by atoms with E-state index in [4.69, 9.17) is 70.8 Å². The van der Waals surface area contributed by atoms with E-state index in [0.29, 0.717) is 110 Å². The summed E-state index contributed by atoms with van der Waals surface area (Å²) in [4.78, 5) is 61.4. The molecule has 0 aromatic heterocycles. The minimum Gasteiger partial charge on any atom is -0.748 e. The number of hydrogen-bond donors (Lipinski definition) is 2. The first kappa shape index (κ1) is 96.3. The fraction of sp³-hybridized carbons (Fsp3) is 0.929. The summed E-state index contributed by atoms with van der Waals surface area (Å²) in [6.45, 7) is 45.1. The van der Waals surface area contributed by atoms with Crippen molar-refractivity contribution in [2.24, 2.45) is 38.9 Å². The quantitative estimate of drug-likeness (QED) is 0.0188. The van der Waals surface area contributed by atoms with Gasteiger partial charge in [-0.15, -0.1) is 0 Å². The summed E-state index contributed by atoms with van der Waals surface area (Å²) in [5.74, 6) is -1.27. The smallest absolute Gasteiger partial charge is 0.312 e. The van der Waals surface area contributed by atoms with E-state index in [1.165, 1.54) is 23.8 Å². The van der Waals surface area contributed by atoms with Gasteiger partial charge in [-0.05, 0) is 170 Å². The first-order valence-electron chi connectivity index (χ1n) is 35.5. The molecule has 0 saturated heterocycles. The number of aliphatic hydroxyl groups excluding tert-OH is 1. The van der Waals surface area contributed by atoms with Gasteiger partial charge in [0.2, 0.25) is 0 Å². The monoisotopic (exact) mass is 1450 g/mol. The summed E-state index contributed by atoms with van der Waals surface area (Å²) in [7, 11) is -0.941. The van der Waals surface area contributed by atoms with Gasteiger partial charge >= 0.3 is 29.8 Å². The Morgan fingerprint density at radius 3 is 1.22 bits per heavy atom. The molecule has 2 N–H and O–H groups in total. The van der Waals surface area contributed by atoms with Crippen molar-refractivity contribution in [1.29, 1.82) is 0 Å². The van der Waals surface area contributed by atoms with Crippen LogP contribution in [0.2, 0.25) is 38.3 Å². The Bertz CT molecular complexity index is 2190. The molecule has 576 valence electrons. The number of methoxy groups -OCH3 is 4. The van der Waals surface area contributed by atoms with Crippen LogP contribution in [-0.4, -0.2) is 236 Å². The number of quaternary nitrogens is 1. The van der Waals surface area contributed by atoms with Gasteiger partial charge in [-0.25, -0.2) is 8.42 Å². The van der Waals surface area contributed by atoms with Crippen LogP contribution in [0, 0.1) is 38.9 Å². The molecule has 24 nitrogen and oxygen atoms in total. The van der Waals surface area contributed by atoms with Crippen molar-refractivity contribution in [1.82, 2.24) is 0 Å². The zero-order valence-corrected chi connectivity index (χ0v) is 67.3. The summed E-state index contributed by atoms with van der Waals surface area (Å²) in [5.41, 5.74) is -3.11. The van der Waals surface area contributed by atoms with Crippen LogP contribution in [0.15, 0.2) is 0 Å². The number of hydrogen-bond acceptors (Lipinski definition) is 23. The van der Waals surface area contributed by atoms with E-state index in [2.05, 4.69) is 33.1 Å². The molecular weight excluding hydrogens is 1310 g/mol. The molecule has 0 radical (unpaired) electrons. The van der Waals surface area contributed by atoms with Gasteiger partial charge in [0, 0.05) is 34.9 Å². The van der Waals surface area contributed by atoms with Crippen LogP contribution in [0.3, 0.4) is 0 Å². The number of rotatable bonds is 48. The molecule has 0 aromatic rings. The Balaban J connectivity index is 0. The minimum atomic E-state index is -4.42. The highest BCUT2D eigenvalue weighted by Gasteiger charge is 2.63. The van der Waals surface area contributed by atoms with Crippen molar-refractivity contribution >= 4 is 56.6 Å². The first-order valence-corrected chi connectivity index (χ1v) is 43.4. The Morgan fingerprint density at radius 1 is 0.485 bits per heavy atom. The van der Waals surface area contributed by atoms with Crippen molar-refractivity contribution in [3.05, 3.63) is 0 Å². The number of carbonyl (C=O) groups excluding carboxylic acids is 5. The SMILES string of the molecule is CCC(C)(C)C(=O)OC12CC3CC(C1)CC(C(=O)OCCS(=O)(=O)[O-])(C3)C2.CCC(C)(C)C(=O)OCCO.CCC(C)(C)C(=O)OCCOCCOC.CCCC[Si](C)(C)O[Si](C)(C)CCCOC(=O)C(C)(C)CC.COCCOCC[NH+](CCOCCOC)CCOCCOC. The van der Waals surface area contributed by atoms with Gasteiger partial charge in [0.1, 0.15) is 45.1 Å². The molecule has 4 aliphatic rings. The van der Waals surface area contributed by atoms with Crippen LogP contribution < -0.4 is 4.90 Å². The third-order valence-electron chi connectivity index (χ3n) is 18.2. The van der Waals surface area contributed by atoms with Crippen molar-refractivity contribution in [2.45, 2.75) is 217 Å². The van der Waals surface area contributed by atoms with Crippen molar-refractivity contribution in [3.63, 3.8) is 0 Å². The van der Waals surface area contributed by atoms with E-state index in [0.717, 1.165) is 90.4 Å². The Morgan fingerprint density at radius 2 is 0.845 bits per heavy atom. The maximum Gasteiger partial charge on any atom is 0.312 e. The molecule has 4 aliphatic carbocycles. The highest BCUT2D eigenvalue weighted by atomic mass is 32.2. The second-order valence-electron chi connectivity index (χ2n) is 29.5. The van der Waals surface area contributed by atoms with Crippen molar-refractivity contribution in [3.8, 4) is 0 Å². The number of unbranched alkanes of at least 4 members (excludes halogenated alkanes) is 1. The standard InChI is InChI=1S/C19H30O7S.C17H38O3Si2.C15H33NO6.C11H22O4.C8H16O3/c1-4-17(2,3)15(20)26-19-10-13-7-14(11-19)9-18(8-13,12-19)16(21)25-5-6-27(22,23)24;1-9-11-14-21(5,6)20-22(7,8)15-12-13-19-16(18)17(3,4)10-2;1-17-10-13-20-7-4-16(5-8-21-14-11-18-2)6-9-22-15-12-19-3;1-5-11(2,3)10(12)15-9-8-14-7-6-13-4;1-4-8(2,3)7(10)11-6-5-9/h13-14H,4-12H2,1-3H3,(H,22,23,24);9-15H2,1-8H3;4-15H2,1-3H3;5-9H2,1-4H3;9H,4-6H2,1-3H3. The molecule has 0 heterocycles. The van der Waals surface area contributed by atoms with E-state index in [9.17, 15) is 36.9 Å². The summed E-state index contributed by atoms with van der Waals surface area (Å²) in [6.07, 6.45) is 10.8. The van der Waals surface area contributed by atoms with Gasteiger partial charge in [0.05, 0.1) is 135 Å². The van der Waals surface area contributed by atoms with Crippen LogP contribution in [0.5, 0.6) is 0 Å². The van der Waals surface area contributed by atoms with Gasteiger partial charge in [-0.1, -0.05) is 47.5 Å². The van der Waals surface area contributed by atoms with Crippen molar-refractivity contribution < 1.29 is 113 Å². The summed E-state index contributed by atoms with van der Waals surface area (Å²) in [6, 6.07) is 2.31. The fourth-order valence-electron chi connectivity index (χ4n) is 10.9. The van der Waals surface area contributed by atoms with Crippen LogP contribution in [0.4, 0.5) is 0 Å². The maximum absolute atomic E-state index is 12.8. The second kappa shape index (κ2) is 50.6. The average molecular weight is 1450 g/mol. The lowest BCUT2D eigenvalue weighted by Crippen LogP contribution is -3.13. The highest BCUT2D eigenvalue weighted by molar-refractivity contribution is 7.85. The summed E-state index contributed by atoms with van der Waals surface area (Å²) < 4.78 is 107. The Kier molecular flexibility index (Phi) is 50.2. The predicted molar refractivity (Wildman–Crippen MR) is 379 cm³/mol. The fourth-order valence-corrected chi connectivity index (χ4v) is 20.2. The third kappa shape index (κ3) is 43.7. The lowest BCUT2D eigenvalue weighted by atomic mass is 9.48. The van der Waals surface area contributed by atoms with E-state index in [1.807, 2.05) is 83.1 Å². The molecule has 0 spiro atoms. The summed E-state index contributed by atoms with van der Waals surface area (Å²) in [5, 5.41) is 8.38. The van der Waals surface area contributed by atoms with Crippen molar-refractivity contribution in [2.75, 3.05) is 166 Å². The normalized spacial score (nSPS) is 18.4. The molecule has 4 rings (SSSR count). The van der Waals surface area contributed by atoms with E-state index < -0.39 is 72.3 Å². The van der Waals surface area contributed by atoms with Gasteiger partial charge in [0.15, 0.2) is 16.6 Å². The van der Waals surface area contributed by atoms with E-state index in [1.54, 1.807) is 28.4 Å². The number of carbonyl (C=O) groups is 5. The zero-order chi connectivity index (χ0) is 74.5. The molecule has 0 amide bonds. The number of ether oxygens (including phenoxy) is 13. The molecule has 97 heavy (non-hydrogen) atoms. The second-order valence-corrected chi connectivity index (χ2v) is 39.9. The molecule has 0 aromatic carbocycles. The largest absolute Gasteiger partial charge is 0.748 e. The molecule has 2 unspecified atom stereocenters. The molecule has 4 fully saturated rings. The van der Waals surface area contributed by atoms with Crippen LogP contribution >= 0.6 is 0 Å². The molecule has 2 atom stereocenters. The third-order valence-corrected chi connectivity index (χ3v) is 26.4. The van der Waals surface area contributed by atoms with Gasteiger partial charge < -0.3 is 80.3 Å². The van der Waals surface area contributed by atoms with Gasteiger partial charge in [-0.3, -0.25) is 24.0 Å². The lowest BCUT2D eigenvalue weighted by Gasteiger charge is -2.60. The molecule has 4 bridgehead atoms. The zero-order valence-electron chi connectivity index (χ0n) is 64.4. The van der Waals surface area contributed by atoms with E-state index in [-0.39, 0.29) is 42.5 Å². The molecule has 27 heteroatoms. The minimum absolute atomic E-state index is 0.0759. The van der Waals surface area contributed by atoms with Crippen LogP contribution in [0.1, 0.15) is 173 Å². The molecule has 0 aliphatic heterocycles. The van der Waals surface area contributed by atoms with Gasteiger partial charge in [0.25, 0.3) is 0 Å². The number of nitrogens with one attached hydrogen (secondary N) is 1. The Hall–Kier alpha value is -2.75. The number of aliphatic hydroxyl groups is 1. The number of esters is 5.